The third-order valence-corrected chi connectivity index (χ3v) is 4.45. The first-order chi connectivity index (χ1) is 10.1. The minimum absolute atomic E-state index is 0.277. The van der Waals surface area contributed by atoms with Crippen LogP contribution in [-0.2, 0) is 4.74 Å². The average Bonchev–Trinajstić information content (AvgIpc) is 2.66. The zero-order chi connectivity index (χ0) is 15.2. The Morgan fingerprint density at radius 1 is 1.43 bits per heavy atom. The minimum Gasteiger partial charge on any atom is -0.462 e. The molecule has 1 aliphatic heterocycles. The van der Waals surface area contributed by atoms with E-state index in [0.29, 0.717) is 18.2 Å². The molecule has 5 heteroatoms. The van der Waals surface area contributed by atoms with Crippen LogP contribution in [0.4, 0.5) is 5.69 Å². The van der Waals surface area contributed by atoms with Crippen LogP contribution in [0, 0.1) is 0 Å². The molecule has 0 aromatic heterocycles. The largest absolute Gasteiger partial charge is 0.462 e. The normalized spacial score (nSPS) is 19.9. The third kappa shape index (κ3) is 4.71. The van der Waals surface area contributed by atoms with Crippen molar-refractivity contribution in [2.45, 2.75) is 32.2 Å². The first kappa shape index (κ1) is 16.3. The number of benzene rings is 1. The Kier molecular flexibility index (Phi) is 6.06. The fraction of sp³-hybridized carbons (Fsp3) is 0.562. The molecule has 0 radical (unpaired) electrons. The van der Waals surface area contributed by atoms with E-state index in [0.717, 1.165) is 23.1 Å². The molecule has 1 unspecified atom stereocenters. The molecule has 1 fully saturated rings. The topological polar surface area (TPSA) is 41.6 Å². The molecule has 21 heavy (non-hydrogen) atoms. The molecule has 0 aliphatic carbocycles. The van der Waals surface area contributed by atoms with Gasteiger partial charge in [0.2, 0.25) is 0 Å². The molecular formula is C16H23BrN2O2. The van der Waals surface area contributed by atoms with Crippen molar-refractivity contribution in [1.29, 1.82) is 0 Å². The molecule has 0 bridgehead atoms. The summed E-state index contributed by atoms with van der Waals surface area (Å²) in [5.74, 6) is -0.277. The Hall–Kier alpha value is -1.07. The van der Waals surface area contributed by atoms with Crippen LogP contribution in [0.2, 0.25) is 0 Å². The van der Waals surface area contributed by atoms with E-state index in [4.69, 9.17) is 4.74 Å². The molecule has 0 spiro atoms. The van der Waals surface area contributed by atoms with Gasteiger partial charge in [-0.25, -0.2) is 4.79 Å². The number of esters is 1. The Labute approximate surface area is 135 Å². The van der Waals surface area contributed by atoms with Crippen molar-refractivity contribution in [3.63, 3.8) is 0 Å². The zero-order valence-electron chi connectivity index (χ0n) is 12.7. The maximum Gasteiger partial charge on any atom is 0.338 e. The second-order valence-corrected chi connectivity index (χ2v) is 6.34. The van der Waals surface area contributed by atoms with E-state index in [-0.39, 0.29) is 5.97 Å². The lowest BCUT2D eigenvalue weighted by molar-refractivity contribution is 0.0526. The van der Waals surface area contributed by atoms with Crippen LogP contribution in [0.3, 0.4) is 0 Å². The zero-order valence-corrected chi connectivity index (χ0v) is 14.3. The average molecular weight is 355 g/mol. The number of hydrogen-bond acceptors (Lipinski definition) is 4. The highest BCUT2D eigenvalue weighted by Crippen LogP contribution is 2.26. The van der Waals surface area contributed by atoms with E-state index in [9.17, 15) is 4.79 Å². The second kappa shape index (κ2) is 7.80. The summed E-state index contributed by atoms with van der Waals surface area (Å²) in [7, 11) is 2.17. The van der Waals surface area contributed by atoms with Crippen LogP contribution >= 0.6 is 15.9 Å². The van der Waals surface area contributed by atoms with Gasteiger partial charge in [0, 0.05) is 16.2 Å². The number of nitrogens with one attached hydrogen (secondary N) is 1. The van der Waals surface area contributed by atoms with E-state index in [1.165, 1.54) is 19.4 Å². The molecule has 116 valence electrons. The smallest absolute Gasteiger partial charge is 0.338 e. The standard InChI is InChI=1S/C16H23BrN2O2/c1-3-21-16(20)12-6-7-15(14(17)11-12)18-13-5-4-9-19(2)10-8-13/h6-7,11,13,18H,3-5,8-10H2,1-2H3. The van der Waals surface area contributed by atoms with Gasteiger partial charge >= 0.3 is 5.97 Å². The Morgan fingerprint density at radius 2 is 2.24 bits per heavy atom. The summed E-state index contributed by atoms with van der Waals surface area (Å²) in [5.41, 5.74) is 1.62. The number of anilines is 1. The van der Waals surface area contributed by atoms with Crippen LogP contribution in [0.5, 0.6) is 0 Å². The predicted octanol–water partition coefficient (Wildman–Crippen LogP) is 3.52. The predicted molar refractivity (Wildman–Crippen MR) is 88.9 cm³/mol. The van der Waals surface area contributed by atoms with Gasteiger partial charge in [0.15, 0.2) is 0 Å². The Bertz CT molecular complexity index is 493. The van der Waals surface area contributed by atoms with Gasteiger partial charge in [-0.15, -0.1) is 0 Å². The summed E-state index contributed by atoms with van der Waals surface area (Å²) in [6.07, 6.45) is 3.53. The second-order valence-electron chi connectivity index (χ2n) is 5.49. The number of carbonyl (C=O) groups excluding carboxylic acids is 1. The number of carbonyl (C=O) groups is 1. The summed E-state index contributed by atoms with van der Waals surface area (Å²) < 4.78 is 5.92. The van der Waals surface area contributed by atoms with Gasteiger partial charge in [0.25, 0.3) is 0 Å². The lowest BCUT2D eigenvalue weighted by Crippen LogP contribution is -2.23. The monoisotopic (exact) mass is 354 g/mol. The summed E-state index contributed by atoms with van der Waals surface area (Å²) in [5, 5.41) is 3.58. The molecule has 0 amide bonds. The molecule has 1 N–H and O–H groups in total. The van der Waals surface area contributed by atoms with Crippen LogP contribution in [0.25, 0.3) is 0 Å². The maximum atomic E-state index is 11.7. The number of nitrogens with zero attached hydrogens (tertiary/aromatic N) is 1. The van der Waals surface area contributed by atoms with Crippen molar-refractivity contribution < 1.29 is 9.53 Å². The van der Waals surface area contributed by atoms with Gasteiger partial charge in [-0.05, 0) is 80.5 Å². The fourth-order valence-electron chi connectivity index (χ4n) is 2.58. The molecular weight excluding hydrogens is 332 g/mol. The van der Waals surface area contributed by atoms with Gasteiger partial charge < -0.3 is 15.0 Å². The number of rotatable bonds is 4. The van der Waals surface area contributed by atoms with E-state index < -0.39 is 0 Å². The molecule has 1 heterocycles. The maximum absolute atomic E-state index is 11.7. The van der Waals surface area contributed by atoms with Gasteiger partial charge in [-0.1, -0.05) is 0 Å². The molecule has 1 aliphatic rings. The van der Waals surface area contributed by atoms with Gasteiger partial charge in [0.05, 0.1) is 12.2 Å². The van der Waals surface area contributed by atoms with Crippen molar-refractivity contribution in [3.8, 4) is 0 Å². The summed E-state index contributed by atoms with van der Waals surface area (Å²) >= 11 is 3.54. The van der Waals surface area contributed by atoms with Crippen molar-refractivity contribution in [2.75, 3.05) is 32.1 Å². The first-order valence-electron chi connectivity index (χ1n) is 7.52. The number of halogens is 1. The highest BCUT2D eigenvalue weighted by molar-refractivity contribution is 9.10. The number of likely N-dealkylation sites (tertiary alicyclic amines) is 1. The van der Waals surface area contributed by atoms with Crippen LogP contribution in [0.1, 0.15) is 36.5 Å². The van der Waals surface area contributed by atoms with Gasteiger partial charge in [-0.2, -0.15) is 0 Å². The Morgan fingerprint density at radius 3 is 2.95 bits per heavy atom. The molecule has 1 atom stereocenters. The molecule has 0 saturated carbocycles. The quantitative estimate of drug-likeness (QED) is 0.839. The number of hydrogen-bond donors (Lipinski definition) is 1. The highest BCUT2D eigenvalue weighted by Gasteiger charge is 2.16. The van der Waals surface area contributed by atoms with E-state index in [2.05, 4.69) is 33.2 Å². The fourth-order valence-corrected chi connectivity index (χ4v) is 3.07. The van der Waals surface area contributed by atoms with Crippen LogP contribution in [-0.4, -0.2) is 43.7 Å². The molecule has 2 rings (SSSR count). The Balaban J connectivity index is 2.02. The van der Waals surface area contributed by atoms with Crippen molar-refractivity contribution in [3.05, 3.63) is 28.2 Å². The SMILES string of the molecule is CCOC(=O)c1ccc(NC2CCCN(C)CC2)c(Br)c1. The molecule has 1 aromatic rings. The summed E-state index contributed by atoms with van der Waals surface area (Å²) in [6.45, 7) is 4.50. The molecule has 1 aromatic carbocycles. The van der Waals surface area contributed by atoms with Gasteiger partial charge in [-0.3, -0.25) is 0 Å². The molecule has 1 saturated heterocycles. The van der Waals surface area contributed by atoms with Gasteiger partial charge in [0.1, 0.15) is 0 Å². The van der Waals surface area contributed by atoms with E-state index >= 15 is 0 Å². The summed E-state index contributed by atoms with van der Waals surface area (Å²) in [6, 6.07) is 6.07. The van der Waals surface area contributed by atoms with Crippen molar-refractivity contribution in [1.82, 2.24) is 4.90 Å². The third-order valence-electron chi connectivity index (χ3n) is 3.79. The first-order valence-corrected chi connectivity index (χ1v) is 8.31. The lowest BCUT2D eigenvalue weighted by atomic mass is 10.1. The summed E-state index contributed by atoms with van der Waals surface area (Å²) in [4.78, 5) is 14.1. The molecule has 4 nitrogen and oxygen atoms in total. The van der Waals surface area contributed by atoms with Crippen LogP contribution < -0.4 is 5.32 Å². The van der Waals surface area contributed by atoms with Crippen molar-refractivity contribution in [2.24, 2.45) is 0 Å². The van der Waals surface area contributed by atoms with Crippen LogP contribution in [0.15, 0.2) is 22.7 Å². The lowest BCUT2D eigenvalue weighted by Gasteiger charge is -2.19. The minimum atomic E-state index is -0.277. The number of ether oxygens (including phenoxy) is 1. The van der Waals surface area contributed by atoms with Crippen molar-refractivity contribution >= 4 is 27.6 Å². The highest BCUT2D eigenvalue weighted by atomic mass is 79.9. The van der Waals surface area contributed by atoms with E-state index in [1.54, 1.807) is 0 Å². The van der Waals surface area contributed by atoms with E-state index in [1.807, 2.05) is 25.1 Å².